The van der Waals surface area contributed by atoms with E-state index in [0.29, 0.717) is 71.2 Å². The Bertz CT molecular complexity index is 1840. The predicted molar refractivity (Wildman–Crippen MR) is 228 cm³/mol. The molecule has 1 N–H and O–H groups in total. The van der Waals surface area contributed by atoms with Gasteiger partial charge in [0.1, 0.15) is 13.5 Å². The number of hydrogen-bond donors (Lipinski definition) is 1. The Hall–Kier alpha value is -2.97. The molecule has 1 saturated carbocycles. The summed E-state index contributed by atoms with van der Waals surface area (Å²) < 4.78 is 34.3. The van der Waals surface area contributed by atoms with Crippen LogP contribution in [0.3, 0.4) is 0 Å². The van der Waals surface area contributed by atoms with Crippen molar-refractivity contribution in [3.05, 3.63) is 59.1 Å². The van der Waals surface area contributed by atoms with Crippen LogP contribution in [0.2, 0.25) is 51.4 Å². The van der Waals surface area contributed by atoms with Gasteiger partial charge < -0.3 is 33.7 Å². The number of nitrogens with zero attached hydrogens (tertiary/aromatic N) is 6. The minimum absolute atomic E-state index is 0.0919. The average molecular weight is 874 g/mol. The molecule has 1 fully saturated rings. The summed E-state index contributed by atoms with van der Waals surface area (Å²) in [5.41, 5.74) is 2.79. The fourth-order valence-corrected chi connectivity index (χ4v) is 9.46. The zero-order valence-electron chi connectivity index (χ0n) is 34.4. The van der Waals surface area contributed by atoms with Crippen molar-refractivity contribution in [2.24, 2.45) is 5.92 Å². The van der Waals surface area contributed by atoms with Crippen LogP contribution < -0.4 is 4.90 Å². The summed E-state index contributed by atoms with van der Waals surface area (Å²) >= 11 is 4.03. The van der Waals surface area contributed by atoms with Crippen molar-refractivity contribution in [3.8, 4) is 16.8 Å². The molecule has 56 heavy (non-hydrogen) atoms. The number of hydrogen-bond acceptors (Lipinski definition) is 10. The molecule has 0 amide bonds. The summed E-state index contributed by atoms with van der Waals surface area (Å²) in [5.74, 6) is -0.608. The third-order valence-electron chi connectivity index (χ3n) is 10.5. The van der Waals surface area contributed by atoms with Crippen molar-refractivity contribution in [2.45, 2.75) is 88.6 Å². The lowest BCUT2D eigenvalue weighted by atomic mass is 9.68. The Morgan fingerprint density at radius 3 is 2.20 bits per heavy atom. The quantitative estimate of drug-likeness (QED) is 0.0466. The third kappa shape index (κ3) is 11.2. The van der Waals surface area contributed by atoms with Crippen molar-refractivity contribution >= 4 is 49.5 Å². The number of carboxylic acids is 1. The van der Waals surface area contributed by atoms with E-state index >= 15 is 0 Å². The third-order valence-corrected chi connectivity index (χ3v) is 14.6. The molecule has 1 aromatic carbocycles. The van der Waals surface area contributed by atoms with Gasteiger partial charge in [0.15, 0.2) is 17.1 Å². The molecule has 0 spiro atoms. The number of carboxylic acid groups (broad SMARTS) is 1. The first-order valence-electron chi connectivity index (χ1n) is 19.6. The number of benzene rings is 1. The minimum Gasteiger partial charge on any atom is -0.479 e. The molecular formula is C40H61BrN6O7Si2. The smallest absolute Gasteiger partial charge is 0.336 e. The van der Waals surface area contributed by atoms with E-state index in [1.54, 1.807) is 14.2 Å². The van der Waals surface area contributed by atoms with Crippen LogP contribution in [0.15, 0.2) is 53.4 Å². The van der Waals surface area contributed by atoms with Crippen molar-refractivity contribution in [1.82, 2.24) is 24.4 Å². The highest BCUT2D eigenvalue weighted by atomic mass is 79.9. The van der Waals surface area contributed by atoms with Gasteiger partial charge >= 0.3 is 5.97 Å². The van der Waals surface area contributed by atoms with E-state index in [4.69, 9.17) is 33.8 Å². The van der Waals surface area contributed by atoms with E-state index in [9.17, 15) is 9.90 Å². The molecule has 0 aliphatic heterocycles. The number of fused-ring (bicyclic) bond motifs is 1. The predicted octanol–water partition coefficient (Wildman–Crippen LogP) is 8.18. The summed E-state index contributed by atoms with van der Waals surface area (Å²) in [5, 5.41) is 20.3. The second-order valence-corrected chi connectivity index (χ2v) is 29.2. The van der Waals surface area contributed by atoms with Crippen LogP contribution in [0.25, 0.3) is 22.5 Å². The summed E-state index contributed by atoms with van der Waals surface area (Å²) in [6, 6.07) is 12.1. The Labute approximate surface area is 342 Å². The number of rotatable bonds is 22. The molecule has 0 saturated heterocycles. The highest BCUT2D eigenvalue weighted by Gasteiger charge is 2.51. The first kappa shape index (κ1) is 44.1. The van der Waals surface area contributed by atoms with Gasteiger partial charge in [-0.15, -0.1) is 0 Å². The highest BCUT2D eigenvalue weighted by molar-refractivity contribution is 9.10. The lowest BCUT2D eigenvalue weighted by molar-refractivity contribution is -0.185. The van der Waals surface area contributed by atoms with E-state index in [0.717, 1.165) is 44.9 Å². The SMILES string of the molecule is COCCOC1(C(=O)O)CCC(c2nc3c(-c4cnn(-c5ccccc5)c4)cnn3c(N(COCC[Si](C)(C)C)COCC[Si](C)(C)C)c2Br)CC1CCOC. The summed E-state index contributed by atoms with van der Waals surface area (Å²) in [4.78, 5) is 20.5. The Morgan fingerprint density at radius 1 is 0.929 bits per heavy atom. The normalized spacial score (nSPS) is 19.2. The van der Waals surface area contributed by atoms with Crippen LogP contribution in [0.5, 0.6) is 0 Å². The number of aliphatic carboxylic acids is 1. The lowest BCUT2D eigenvalue weighted by Crippen LogP contribution is -2.52. The zero-order chi connectivity index (χ0) is 40.5. The molecule has 1 aliphatic carbocycles. The second-order valence-electron chi connectivity index (χ2n) is 17.2. The number of aromatic nitrogens is 5. The van der Waals surface area contributed by atoms with Gasteiger partial charge in [-0.1, -0.05) is 57.5 Å². The first-order valence-corrected chi connectivity index (χ1v) is 27.8. The van der Waals surface area contributed by atoms with Crippen LogP contribution in [-0.2, 0) is 28.5 Å². The maximum absolute atomic E-state index is 13.0. The topological polar surface area (TPSA) is 135 Å². The van der Waals surface area contributed by atoms with Gasteiger partial charge in [0.25, 0.3) is 0 Å². The number of ether oxygens (including phenoxy) is 5. The number of para-hydroxylation sites is 1. The average Bonchev–Trinajstić information content (AvgIpc) is 3.81. The van der Waals surface area contributed by atoms with Gasteiger partial charge in [0, 0.05) is 79.3 Å². The second kappa shape index (κ2) is 19.7. The Kier molecular flexibility index (Phi) is 15.5. The Morgan fingerprint density at radius 2 is 1.59 bits per heavy atom. The lowest BCUT2D eigenvalue weighted by Gasteiger charge is -2.43. The van der Waals surface area contributed by atoms with E-state index < -0.39 is 27.7 Å². The molecule has 3 atom stereocenters. The van der Waals surface area contributed by atoms with Gasteiger partial charge in [-0.2, -0.15) is 14.7 Å². The summed E-state index contributed by atoms with van der Waals surface area (Å²) in [6.07, 6.45) is 7.61. The Balaban J connectivity index is 1.61. The van der Waals surface area contributed by atoms with Gasteiger partial charge in [-0.3, -0.25) is 0 Å². The molecule has 0 radical (unpaired) electrons. The van der Waals surface area contributed by atoms with Gasteiger partial charge in [-0.25, -0.2) is 14.5 Å². The molecule has 16 heteroatoms. The summed E-state index contributed by atoms with van der Waals surface area (Å²) in [6.45, 7) is 16.9. The first-order chi connectivity index (χ1) is 26.7. The number of carbonyl (C=O) groups is 1. The van der Waals surface area contributed by atoms with Crippen LogP contribution in [-0.4, -0.2) is 118 Å². The van der Waals surface area contributed by atoms with Gasteiger partial charge in [-0.05, 0) is 65.8 Å². The largest absolute Gasteiger partial charge is 0.479 e. The van der Waals surface area contributed by atoms with Crippen molar-refractivity contribution in [1.29, 1.82) is 0 Å². The van der Waals surface area contributed by atoms with Crippen molar-refractivity contribution in [2.75, 3.05) is 65.6 Å². The van der Waals surface area contributed by atoms with Crippen molar-refractivity contribution < 1.29 is 33.6 Å². The number of anilines is 1. The van der Waals surface area contributed by atoms with Crippen molar-refractivity contribution in [3.63, 3.8) is 0 Å². The zero-order valence-corrected chi connectivity index (χ0v) is 38.0. The van der Waals surface area contributed by atoms with Gasteiger partial charge in [0.05, 0.1) is 41.5 Å². The van der Waals surface area contributed by atoms with E-state index in [1.807, 2.05) is 58.1 Å². The maximum atomic E-state index is 13.0. The molecule has 4 aromatic rings. The van der Waals surface area contributed by atoms with E-state index in [1.165, 1.54) is 0 Å². The number of methoxy groups -OCH3 is 2. The molecule has 13 nitrogen and oxygen atoms in total. The highest BCUT2D eigenvalue weighted by Crippen LogP contribution is 2.48. The molecule has 3 unspecified atom stereocenters. The van der Waals surface area contributed by atoms with E-state index in [-0.39, 0.29) is 18.4 Å². The molecule has 0 bridgehead atoms. The summed E-state index contributed by atoms with van der Waals surface area (Å²) in [7, 11) is 0.557. The van der Waals surface area contributed by atoms with Gasteiger partial charge in [0.2, 0.25) is 0 Å². The molecule has 3 heterocycles. The van der Waals surface area contributed by atoms with E-state index in [2.05, 4.69) is 65.2 Å². The molecule has 3 aromatic heterocycles. The molecule has 5 rings (SSSR count). The van der Waals surface area contributed by atoms with Crippen LogP contribution in [0, 0.1) is 5.92 Å². The van der Waals surface area contributed by atoms with Crippen LogP contribution >= 0.6 is 15.9 Å². The standard InChI is InChI=1S/C40H61BrN6O7Si2/c1-50-17-15-32-24-30(14-16-40(32,39(48)49)54-19-18-51-2)36-35(41)38(45(28-52-20-22-55(3,4)5)29-53-21-23-56(6,7)8)47-37(44-36)34(26-43-47)31-25-42-46(27-31)33-12-10-9-11-13-33/h9-13,25-27,30,32H,14-24,28-29H2,1-8H3,(H,48,49). The molecule has 308 valence electrons. The maximum Gasteiger partial charge on any atom is 0.336 e. The molecule has 1 aliphatic rings. The number of halogens is 1. The monoisotopic (exact) mass is 872 g/mol. The van der Waals surface area contributed by atoms with Crippen LogP contribution in [0.4, 0.5) is 5.82 Å². The molecular weight excluding hydrogens is 813 g/mol. The fraction of sp³-hybridized carbons (Fsp3) is 0.600. The minimum atomic E-state index is -1.36. The fourth-order valence-electron chi connectivity index (χ4n) is 7.12. The van der Waals surface area contributed by atoms with Crippen LogP contribution in [0.1, 0.15) is 37.3 Å².